The lowest BCUT2D eigenvalue weighted by Gasteiger charge is -2.24. The number of aliphatic hydroxyl groups is 2. The Hall–Kier alpha value is -0.0800. The summed E-state index contributed by atoms with van der Waals surface area (Å²) in [5.74, 6) is 0.639. The molecule has 2 N–H and O–H groups in total. The Kier molecular flexibility index (Phi) is 4.90. The van der Waals surface area contributed by atoms with E-state index in [1.807, 2.05) is 13.8 Å². The van der Waals surface area contributed by atoms with Crippen molar-refractivity contribution in [3.63, 3.8) is 0 Å². The van der Waals surface area contributed by atoms with Crippen molar-refractivity contribution in [1.29, 1.82) is 0 Å². The highest BCUT2D eigenvalue weighted by atomic mass is 16.3. The van der Waals surface area contributed by atoms with Crippen molar-refractivity contribution >= 4 is 0 Å². The molecule has 2 heteroatoms. The van der Waals surface area contributed by atoms with E-state index in [0.29, 0.717) is 11.8 Å². The van der Waals surface area contributed by atoms with E-state index >= 15 is 0 Å². The summed E-state index contributed by atoms with van der Waals surface area (Å²) in [6.45, 7) is 4.07. The normalized spacial score (nSPS) is 31.5. The Morgan fingerprint density at radius 3 is 2.43 bits per heavy atom. The number of hydrogen-bond acceptors (Lipinski definition) is 2. The van der Waals surface area contributed by atoms with Crippen molar-refractivity contribution in [2.75, 3.05) is 0 Å². The molecule has 0 radical (unpaired) electrons. The van der Waals surface area contributed by atoms with Crippen LogP contribution in [-0.2, 0) is 0 Å². The van der Waals surface area contributed by atoms with Gasteiger partial charge in [-0.1, -0.05) is 33.1 Å². The molecule has 0 aromatic rings. The lowest BCUT2D eigenvalue weighted by molar-refractivity contribution is 0.0393. The third kappa shape index (κ3) is 3.58. The van der Waals surface area contributed by atoms with Gasteiger partial charge in [0.1, 0.15) is 0 Å². The Morgan fingerprint density at radius 2 is 1.79 bits per heavy atom. The first-order chi connectivity index (χ1) is 6.61. The van der Waals surface area contributed by atoms with Crippen LogP contribution in [0.1, 0.15) is 52.4 Å². The fourth-order valence-corrected chi connectivity index (χ4v) is 2.22. The maximum Gasteiger partial charge on any atom is 0.0569 e. The topological polar surface area (TPSA) is 40.5 Å². The first-order valence-electron chi connectivity index (χ1n) is 5.97. The van der Waals surface area contributed by atoms with Gasteiger partial charge in [0.15, 0.2) is 0 Å². The molecule has 3 unspecified atom stereocenters. The Morgan fingerprint density at radius 1 is 1.14 bits per heavy atom. The van der Waals surface area contributed by atoms with E-state index in [9.17, 15) is 10.2 Å². The molecule has 3 atom stereocenters. The average molecular weight is 200 g/mol. The van der Waals surface area contributed by atoms with Crippen molar-refractivity contribution in [1.82, 2.24) is 0 Å². The highest BCUT2D eigenvalue weighted by molar-refractivity contribution is 4.76. The van der Waals surface area contributed by atoms with E-state index in [0.717, 1.165) is 25.7 Å². The number of rotatable bonds is 3. The van der Waals surface area contributed by atoms with Crippen LogP contribution in [-0.4, -0.2) is 22.4 Å². The average Bonchev–Trinajstić information content (AvgIpc) is 2.32. The fourth-order valence-electron chi connectivity index (χ4n) is 2.22. The van der Waals surface area contributed by atoms with Gasteiger partial charge in [-0.05, 0) is 31.1 Å². The van der Waals surface area contributed by atoms with Crippen LogP contribution in [0.25, 0.3) is 0 Å². The predicted molar refractivity (Wildman–Crippen MR) is 58.0 cm³/mol. The monoisotopic (exact) mass is 200 g/mol. The summed E-state index contributed by atoms with van der Waals surface area (Å²) in [5.41, 5.74) is 0. The Bertz CT molecular complexity index is 156. The molecule has 2 nitrogen and oxygen atoms in total. The minimum atomic E-state index is -0.243. The quantitative estimate of drug-likeness (QED) is 0.686. The van der Waals surface area contributed by atoms with Gasteiger partial charge in [0.2, 0.25) is 0 Å². The summed E-state index contributed by atoms with van der Waals surface area (Å²) < 4.78 is 0. The molecule has 1 aliphatic carbocycles. The summed E-state index contributed by atoms with van der Waals surface area (Å²) in [6, 6.07) is 0. The summed E-state index contributed by atoms with van der Waals surface area (Å²) in [6.07, 6.45) is 5.98. The molecule has 14 heavy (non-hydrogen) atoms. The SMILES string of the molecule is CC(C)C(O)CC1CCCCCC1O. The van der Waals surface area contributed by atoms with Gasteiger partial charge in [0.05, 0.1) is 12.2 Å². The van der Waals surface area contributed by atoms with Crippen molar-refractivity contribution in [2.45, 2.75) is 64.6 Å². The van der Waals surface area contributed by atoms with Gasteiger partial charge in [-0.2, -0.15) is 0 Å². The third-order valence-electron chi connectivity index (χ3n) is 3.43. The molecule has 0 bridgehead atoms. The van der Waals surface area contributed by atoms with Crippen LogP contribution in [0, 0.1) is 11.8 Å². The molecule has 0 heterocycles. The van der Waals surface area contributed by atoms with Gasteiger partial charge in [-0.3, -0.25) is 0 Å². The molecule has 1 fully saturated rings. The molecular formula is C12H24O2. The van der Waals surface area contributed by atoms with E-state index in [4.69, 9.17) is 0 Å². The summed E-state index contributed by atoms with van der Waals surface area (Å²) in [5, 5.41) is 19.6. The predicted octanol–water partition coefficient (Wildman–Crippen LogP) is 2.33. The van der Waals surface area contributed by atoms with Crippen molar-refractivity contribution < 1.29 is 10.2 Å². The first-order valence-corrected chi connectivity index (χ1v) is 5.97. The molecule has 0 aliphatic heterocycles. The van der Waals surface area contributed by atoms with E-state index < -0.39 is 0 Å². The Balaban J connectivity index is 2.40. The highest BCUT2D eigenvalue weighted by Crippen LogP contribution is 2.28. The Labute approximate surface area is 87.3 Å². The summed E-state index contributed by atoms with van der Waals surface area (Å²) >= 11 is 0. The van der Waals surface area contributed by atoms with E-state index in [-0.39, 0.29) is 12.2 Å². The molecule has 0 aromatic heterocycles. The largest absolute Gasteiger partial charge is 0.393 e. The molecule has 0 aromatic carbocycles. The second-order valence-electron chi connectivity index (χ2n) is 5.01. The zero-order valence-electron chi connectivity index (χ0n) is 9.45. The number of hydrogen-bond donors (Lipinski definition) is 2. The lowest BCUT2D eigenvalue weighted by atomic mass is 9.88. The molecular weight excluding hydrogens is 176 g/mol. The van der Waals surface area contributed by atoms with Crippen LogP contribution >= 0.6 is 0 Å². The standard InChI is InChI=1S/C12H24O2/c1-9(2)12(14)8-10-6-4-3-5-7-11(10)13/h9-14H,3-8H2,1-2H3. The zero-order valence-corrected chi connectivity index (χ0v) is 9.45. The minimum Gasteiger partial charge on any atom is -0.393 e. The van der Waals surface area contributed by atoms with Crippen LogP contribution in [0.2, 0.25) is 0 Å². The van der Waals surface area contributed by atoms with Crippen LogP contribution < -0.4 is 0 Å². The summed E-state index contributed by atoms with van der Waals surface area (Å²) in [7, 11) is 0. The van der Waals surface area contributed by atoms with E-state index in [1.165, 1.54) is 12.8 Å². The second kappa shape index (κ2) is 5.72. The van der Waals surface area contributed by atoms with Crippen molar-refractivity contribution in [3.05, 3.63) is 0 Å². The van der Waals surface area contributed by atoms with Gasteiger partial charge < -0.3 is 10.2 Å². The first kappa shape index (κ1) is 12.0. The molecule has 1 rings (SSSR count). The maximum atomic E-state index is 9.87. The van der Waals surface area contributed by atoms with Gasteiger partial charge in [0.25, 0.3) is 0 Å². The third-order valence-corrected chi connectivity index (χ3v) is 3.43. The van der Waals surface area contributed by atoms with E-state index in [2.05, 4.69) is 0 Å². The fraction of sp³-hybridized carbons (Fsp3) is 1.00. The molecule has 0 spiro atoms. The summed E-state index contributed by atoms with van der Waals surface area (Å²) in [4.78, 5) is 0. The van der Waals surface area contributed by atoms with Crippen LogP contribution in [0.5, 0.6) is 0 Å². The van der Waals surface area contributed by atoms with Crippen LogP contribution in [0.15, 0.2) is 0 Å². The molecule has 0 amide bonds. The van der Waals surface area contributed by atoms with Gasteiger partial charge >= 0.3 is 0 Å². The van der Waals surface area contributed by atoms with Crippen molar-refractivity contribution in [2.24, 2.45) is 11.8 Å². The van der Waals surface area contributed by atoms with Gasteiger partial charge in [0, 0.05) is 0 Å². The van der Waals surface area contributed by atoms with Crippen LogP contribution in [0.4, 0.5) is 0 Å². The zero-order chi connectivity index (χ0) is 10.6. The van der Waals surface area contributed by atoms with Gasteiger partial charge in [-0.15, -0.1) is 0 Å². The molecule has 1 aliphatic rings. The highest BCUT2D eigenvalue weighted by Gasteiger charge is 2.24. The molecule has 1 saturated carbocycles. The minimum absolute atomic E-state index is 0.175. The molecule has 0 saturated heterocycles. The lowest BCUT2D eigenvalue weighted by Crippen LogP contribution is -2.26. The maximum absolute atomic E-state index is 9.87. The number of aliphatic hydroxyl groups excluding tert-OH is 2. The smallest absolute Gasteiger partial charge is 0.0569 e. The molecule has 84 valence electrons. The van der Waals surface area contributed by atoms with Crippen molar-refractivity contribution in [3.8, 4) is 0 Å². The van der Waals surface area contributed by atoms with Crippen LogP contribution in [0.3, 0.4) is 0 Å². The van der Waals surface area contributed by atoms with E-state index in [1.54, 1.807) is 0 Å². The second-order valence-corrected chi connectivity index (χ2v) is 5.01. The van der Waals surface area contributed by atoms with Gasteiger partial charge in [-0.25, -0.2) is 0 Å².